The number of sulfonamides is 1. The van der Waals surface area contributed by atoms with E-state index in [9.17, 15) is 18.0 Å². The number of hydrogen-bond acceptors (Lipinski definition) is 4. The van der Waals surface area contributed by atoms with Gasteiger partial charge >= 0.3 is 0 Å². The molecule has 1 aliphatic carbocycles. The van der Waals surface area contributed by atoms with Gasteiger partial charge in [-0.1, -0.05) is 104 Å². The number of carbonyl (C=O) groups is 2. The van der Waals surface area contributed by atoms with Gasteiger partial charge < -0.3 is 10.2 Å². The minimum Gasteiger partial charge on any atom is -0.352 e. The van der Waals surface area contributed by atoms with Crippen molar-refractivity contribution in [3.63, 3.8) is 0 Å². The van der Waals surface area contributed by atoms with Crippen molar-refractivity contribution in [2.45, 2.75) is 76.9 Å². The van der Waals surface area contributed by atoms with Crippen molar-refractivity contribution >= 4 is 43.5 Å². The van der Waals surface area contributed by atoms with Crippen LogP contribution in [0.5, 0.6) is 0 Å². The zero-order chi connectivity index (χ0) is 31.2. The van der Waals surface area contributed by atoms with E-state index in [1.165, 1.54) is 0 Å². The average molecular weight is 669 g/mol. The van der Waals surface area contributed by atoms with Gasteiger partial charge in [0.15, 0.2) is 0 Å². The molecule has 0 aromatic heterocycles. The Morgan fingerprint density at radius 2 is 1.51 bits per heavy atom. The second-order valence-corrected chi connectivity index (χ2v) is 15.2. The second-order valence-electron chi connectivity index (χ2n) is 12.4. The summed E-state index contributed by atoms with van der Waals surface area (Å²) >= 11 is 3.47. The molecular weight excluding hydrogens is 626 g/mol. The molecule has 3 aromatic carbocycles. The maximum atomic E-state index is 14.3. The van der Waals surface area contributed by atoms with Gasteiger partial charge in [0.2, 0.25) is 21.8 Å². The Bertz CT molecular complexity index is 1480. The molecule has 1 saturated carbocycles. The van der Waals surface area contributed by atoms with Gasteiger partial charge in [-0.05, 0) is 59.2 Å². The number of anilines is 1. The van der Waals surface area contributed by atoms with E-state index in [0.717, 1.165) is 57.4 Å². The van der Waals surface area contributed by atoms with E-state index >= 15 is 0 Å². The first-order valence-electron chi connectivity index (χ1n) is 14.8. The molecule has 0 aliphatic heterocycles. The van der Waals surface area contributed by atoms with Crippen LogP contribution in [0.15, 0.2) is 83.3 Å². The van der Waals surface area contributed by atoms with Crippen molar-refractivity contribution in [1.82, 2.24) is 10.2 Å². The Morgan fingerprint density at radius 1 is 0.907 bits per heavy atom. The first-order valence-corrected chi connectivity index (χ1v) is 17.4. The number of nitrogens with one attached hydrogen (secondary N) is 1. The van der Waals surface area contributed by atoms with E-state index in [0.29, 0.717) is 12.1 Å². The van der Waals surface area contributed by atoms with Crippen LogP contribution in [-0.2, 0) is 38.0 Å². The molecule has 3 aromatic rings. The highest BCUT2D eigenvalue weighted by atomic mass is 79.9. The predicted molar refractivity (Wildman–Crippen MR) is 176 cm³/mol. The molecule has 230 valence electrons. The lowest BCUT2D eigenvalue weighted by molar-refractivity contribution is -0.140. The summed E-state index contributed by atoms with van der Waals surface area (Å²) in [5, 5.41) is 3.19. The lowest BCUT2D eigenvalue weighted by Gasteiger charge is -2.34. The SMILES string of the molecule is CC(C)(C)c1ccc(N(CC(=O)N(Cc2ccc(Br)cc2)[C@H](Cc2ccccc2)C(=O)NC2CCCC2)S(C)(=O)=O)cc1. The van der Waals surface area contributed by atoms with Crippen molar-refractivity contribution < 1.29 is 18.0 Å². The summed E-state index contributed by atoms with van der Waals surface area (Å²) in [7, 11) is -3.82. The summed E-state index contributed by atoms with van der Waals surface area (Å²) in [6.45, 7) is 5.99. The summed E-state index contributed by atoms with van der Waals surface area (Å²) in [6.07, 6.45) is 5.36. The first-order chi connectivity index (χ1) is 20.3. The van der Waals surface area contributed by atoms with Crippen molar-refractivity contribution in [3.8, 4) is 0 Å². The van der Waals surface area contributed by atoms with E-state index in [-0.39, 0.29) is 23.9 Å². The summed E-state index contributed by atoms with van der Waals surface area (Å²) in [6, 6.07) is 23.7. The number of nitrogens with zero attached hydrogens (tertiary/aromatic N) is 2. The van der Waals surface area contributed by atoms with Gasteiger partial charge in [-0.15, -0.1) is 0 Å². The molecule has 4 rings (SSSR count). The monoisotopic (exact) mass is 667 g/mol. The molecule has 0 bridgehead atoms. The van der Waals surface area contributed by atoms with Crippen LogP contribution in [0, 0.1) is 0 Å². The van der Waals surface area contributed by atoms with Gasteiger partial charge in [0.1, 0.15) is 12.6 Å². The summed E-state index contributed by atoms with van der Waals surface area (Å²) in [5.41, 5.74) is 3.11. The molecule has 0 saturated heterocycles. The summed E-state index contributed by atoms with van der Waals surface area (Å²) in [4.78, 5) is 29.8. The number of hydrogen-bond donors (Lipinski definition) is 1. The second kappa shape index (κ2) is 14.1. The normalized spacial score (nSPS) is 14.7. The summed E-state index contributed by atoms with van der Waals surface area (Å²) in [5.74, 6) is -0.669. The van der Waals surface area contributed by atoms with E-state index in [2.05, 4.69) is 42.0 Å². The number of amides is 2. The molecule has 0 unspecified atom stereocenters. The predicted octanol–water partition coefficient (Wildman–Crippen LogP) is 6.21. The molecule has 1 aliphatic rings. The highest BCUT2D eigenvalue weighted by Crippen LogP contribution is 2.27. The molecule has 2 amide bonds. The largest absolute Gasteiger partial charge is 0.352 e. The third kappa shape index (κ3) is 9.16. The molecular formula is C34H42BrN3O4S. The van der Waals surface area contributed by atoms with Crippen molar-refractivity contribution in [2.75, 3.05) is 17.1 Å². The van der Waals surface area contributed by atoms with Crippen molar-refractivity contribution in [1.29, 1.82) is 0 Å². The maximum Gasteiger partial charge on any atom is 0.244 e. The van der Waals surface area contributed by atoms with Gasteiger partial charge in [0, 0.05) is 23.5 Å². The fourth-order valence-electron chi connectivity index (χ4n) is 5.45. The molecule has 0 radical (unpaired) electrons. The molecule has 1 fully saturated rings. The number of rotatable bonds is 11. The van der Waals surface area contributed by atoms with Gasteiger partial charge in [-0.25, -0.2) is 8.42 Å². The van der Waals surface area contributed by atoms with Crippen LogP contribution in [0.25, 0.3) is 0 Å². The third-order valence-corrected chi connectivity index (χ3v) is 9.61. The van der Waals surface area contributed by atoms with Crippen LogP contribution in [0.4, 0.5) is 5.69 Å². The van der Waals surface area contributed by atoms with E-state index in [1.54, 1.807) is 17.0 Å². The van der Waals surface area contributed by atoms with Gasteiger partial charge in [-0.3, -0.25) is 13.9 Å². The van der Waals surface area contributed by atoms with E-state index in [4.69, 9.17) is 0 Å². The molecule has 1 N–H and O–H groups in total. The smallest absolute Gasteiger partial charge is 0.244 e. The first kappa shape index (κ1) is 32.7. The highest BCUT2D eigenvalue weighted by molar-refractivity contribution is 9.10. The van der Waals surface area contributed by atoms with Gasteiger partial charge in [0.05, 0.1) is 11.9 Å². The lowest BCUT2D eigenvalue weighted by atomic mass is 9.87. The summed E-state index contributed by atoms with van der Waals surface area (Å²) < 4.78 is 28.2. The molecule has 7 nitrogen and oxygen atoms in total. The Kier molecular flexibility index (Phi) is 10.7. The number of carbonyl (C=O) groups excluding carboxylic acids is 2. The molecule has 43 heavy (non-hydrogen) atoms. The minimum atomic E-state index is -3.82. The van der Waals surface area contributed by atoms with Crippen molar-refractivity contribution in [2.24, 2.45) is 0 Å². The molecule has 1 atom stereocenters. The van der Waals surface area contributed by atoms with Gasteiger partial charge in [0.25, 0.3) is 0 Å². The molecule has 0 spiro atoms. The highest BCUT2D eigenvalue weighted by Gasteiger charge is 2.34. The topological polar surface area (TPSA) is 86.8 Å². The Balaban J connectivity index is 1.71. The van der Waals surface area contributed by atoms with Crippen LogP contribution in [0.2, 0.25) is 0 Å². The van der Waals surface area contributed by atoms with E-state index < -0.39 is 28.5 Å². The minimum absolute atomic E-state index is 0.0734. The van der Waals surface area contributed by atoms with Crippen LogP contribution < -0.4 is 9.62 Å². The number of halogens is 1. The average Bonchev–Trinajstić information content (AvgIpc) is 3.47. The number of benzene rings is 3. The van der Waals surface area contributed by atoms with Crippen LogP contribution in [-0.4, -0.2) is 50.0 Å². The zero-order valence-electron chi connectivity index (χ0n) is 25.4. The molecule has 9 heteroatoms. The molecule has 0 heterocycles. The van der Waals surface area contributed by atoms with E-state index in [1.807, 2.05) is 66.7 Å². The third-order valence-electron chi connectivity index (χ3n) is 7.94. The Morgan fingerprint density at radius 3 is 2.07 bits per heavy atom. The van der Waals surface area contributed by atoms with Crippen LogP contribution in [0.1, 0.15) is 63.1 Å². The van der Waals surface area contributed by atoms with Crippen LogP contribution >= 0.6 is 15.9 Å². The maximum absolute atomic E-state index is 14.3. The zero-order valence-corrected chi connectivity index (χ0v) is 27.8. The Labute approximate surface area is 264 Å². The van der Waals surface area contributed by atoms with Gasteiger partial charge in [-0.2, -0.15) is 0 Å². The fraction of sp³-hybridized carbons (Fsp3) is 0.412. The van der Waals surface area contributed by atoms with Crippen molar-refractivity contribution in [3.05, 3.63) is 100 Å². The standard InChI is InChI=1S/C34H42BrN3O4S/c1-34(2,3)27-16-20-30(21-17-27)38(43(4,41)42)24-32(39)37(23-26-14-18-28(35)19-15-26)31(22-25-10-6-5-7-11-25)33(40)36-29-12-8-9-13-29/h5-7,10-11,14-21,29,31H,8-9,12-13,22-24H2,1-4H3,(H,36,40)/t31-/m1/s1. The fourth-order valence-corrected chi connectivity index (χ4v) is 6.56. The van der Waals surface area contributed by atoms with Crippen LogP contribution in [0.3, 0.4) is 0 Å². The Hall–Kier alpha value is -3.17. The quantitative estimate of drug-likeness (QED) is 0.263. The lowest BCUT2D eigenvalue weighted by Crippen LogP contribution is -2.54.